The van der Waals surface area contributed by atoms with Crippen LogP contribution in [-0.4, -0.2) is 52.0 Å². The van der Waals surface area contributed by atoms with Gasteiger partial charge in [0.05, 0.1) is 49.8 Å². The molecule has 1 saturated heterocycles. The largest absolute Gasteiger partial charge is 0.494 e. The standard InChI is InChI=1S/C19H20N8O2/c1-19(9-22-10-19)11-29-15-7-21-6-14(28-2)18(15)13-3-16(27-26-13)25-17-8-23-12(4-20)5-24-17/h3,5-8,22H,9-11H2,1-2H3,(H2,24,25,26,27). The van der Waals surface area contributed by atoms with Gasteiger partial charge in [-0.05, 0) is 0 Å². The molecule has 0 radical (unpaired) electrons. The van der Waals surface area contributed by atoms with E-state index in [4.69, 9.17) is 14.7 Å². The van der Waals surface area contributed by atoms with Crippen molar-refractivity contribution < 1.29 is 9.47 Å². The van der Waals surface area contributed by atoms with Crippen molar-refractivity contribution >= 4 is 11.6 Å². The van der Waals surface area contributed by atoms with E-state index in [0.29, 0.717) is 35.4 Å². The number of H-pyrrole nitrogens is 1. The highest BCUT2D eigenvalue weighted by atomic mass is 16.5. The molecule has 0 unspecified atom stereocenters. The van der Waals surface area contributed by atoms with E-state index in [2.05, 4.69) is 42.7 Å². The average Bonchev–Trinajstić information content (AvgIpc) is 3.19. The summed E-state index contributed by atoms with van der Waals surface area (Å²) in [5, 5.41) is 22.4. The molecule has 4 heterocycles. The Morgan fingerprint density at radius 1 is 1.17 bits per heavy atom. The highest BCUT2D eigenvalue weighted by Gasteiger charge is 2.33. The van der Waals surface area contributed by atoms with Gasteiger partial charge in [0.1, 0.15) is 17.6 Å². The molecule has 1 aliphatic rings. The molecule has 0 aliphatic carbocycles. The van der Waals surface area contributed by atoms with Crippen molar-refractivity contribution in [2.45, 2.75) is 6.92 Å². The zero-order chi connectivity index (χ0) is 20.3. The molecule has 0 atom stereocenters. The number of rotatable bonds is 7. The van der Waals surface area contributed by atoms with Crippen LogP contribution in [0.1, 0.15) is 12.6 Å². The molecule has 29 heavy (non-hydrogen) atoms. The van der Waals surface area contributed by atoms with E-state index >= 15 is 0 Å². The maximum Gasteiger partial charge on any atom is 0.158 e. The molecule has 1 fully saturated rings. The highest BCUT2D eigenvalue weighted by molar-refractivity contribution is 5.75. The zero-order valence-electron chi connectivity index (χ0n) is 16.1. The van der Waals surface area contributed by atoms with Crippen LogP contribution < -0.4 is 20.1 Å². The van der Waals surface area contributed by atoms with Crippen LogP contribution in [-0.2, 0) is 0 Å². The van der Waals surface area contributed by atoms with Gasteiger partial charge in [0.15, 0.2) is 17.3 Å². The van der Waals surface area contributed by atoms with Gasteiger partial charge in [0.25, 0.3) is 0 Å². The summed E-state index contributed by atoms with van der Waals surface area (Å²) in [5.41, 5.74) is 1.80. The summed E-state index contributed by atoms with van der Waals surface area (Å²) in [7, 11) is 1.59. The van der Waals surface area contributed by atoms with E-state index in [-0.39, 0.29) is 11.1 Å². The molecule has 1 aliphatic heterocycles. The molecular weight excluding hydrogens is 372 g/mol. The number of methoxy groups -OCH3 is 1. The lowest BCUT2D eigenvalue weighted by atomic mass is 9.85. The molecule has 3 aromatic rings. The van der Waals surface area contributed by atoms with Gasteiger partial charge in [-0.1, -0.05) is 6.92 Å². The van der Waals surface area contributed by atoms with Gasteiger partial charge < -0.3 is 20.1 Å². The van der Waals surface area contributed by atoms with Crippen LogP contribution in [0.5, 0.6) is 11.5 Å². The summed E-state index contributed by atoms with van der Waals surface area (Å²) < 4.78 is 11.6. The molecule has 0 spiro atoms. The first-order valence-corrected chi connectivity index (χ1v) is 9.01. The summed E-state index contributed by atoms with van der Waals surface area (Å²) in [6.07, 6.45) is 6.17. The van der Waals surface area contributed by atoms with Gasteiger partial charge in [-0.15, -0.1) is 0 Å². The molecule has 3 aromatic heterocycles. The van der Waals surface area contributed by atoms with Crippen molar-refractivity contribution in [3.05, 3.63) is 36.5 Å². The van der Waals surface area contributed by atoms with Gasteiger partial charge in [-0.3, -0.25) is 10.1 Å². The third-order valence-electron chi connectivity index (χ3n) is 4.65. The SMILES string of the molecule is COc1cncc(OCC2(C)CNC2)c1-c1cc(Nc2cnc(C#N)cn2)n[nH]1. The first kappa shape index (κ1) is 18.6. The average molecular weight is 392 g/mol. The lowest BCUT2D eigenvalue weighted by Gasteiger charge is -2.38. The van der Waals surface area contributed by atoms with Crippen LogP contribution in [0.15, 0.2) is 30.9 Å². The molecule has 0 aromatic carbocycles. The number of ether oxygens (including phenoxy) is 2. The molecule has 0 bridgehead atoms. The lowest BCUT2D eigenvalue weighted by Crippen LogP contribution is -2.54. The fraction of sp³-hybridized carbons (Fsp3) is 0.316. The second kappa shape index (κ2) is 7.73. The Kier molecular flexibility index (Phi) is 4.97. The Balaban J connectivity index is 1.57. The summed E-state index contributed by atoms with van der Waals surface area (Å²) >= 11 is 0. The minimum atomic E-state index is 0.106. The Labute approximate surface area is 167 Å². The highest BCUT2D eigenvalue weighted by Crippen LogP contribution is 2.38. The number of hydrogen-bond acceptors (Lipinski definition) is 9. The molecule has 148 valence electrons. The van der Waals surface area contributed by atoms with Crippen LogP contribution in [0.3, 0.4) is 0 Å². The van der Waals surface area contributed by atoms with Crippen LogP contribution in [0.2, 0.25) is 0 Å². The van der Waals surface area contributed by atoms with Crippen molar-refractivity contribution in [3.63, 3.8) is 0 Å². The molecule has 0 amide bonds. The monoisotopic (exact) mass is 392 g/mol. The summed E-state index contributed by atoms with van der Waals surface area (Å²) in [6, 6.07) is 3.75. The summed E-state index contributed by atoms with van der Waals surface area (Å²) in [4.78, 5) is 12.3. The van der Waals surface area contributed by atoms with Crippen LogP contribution in [0.25, 0.3) is 11.3 Å². The summed E-state index contributed by atoms with van der Waals surface area (Å²) in [6.45, 7) is 4.59. The number of nitrogens with one attached hydrogen (secondary N) is 3. The lowest BCUT2D eigenvalue weighted by molar-refractivity contribution is 0.102. The van der Waals surface area contributed by atoms with Crippen molar-refractivity contribution in [2.24, 2.45) is 5.41 Å². The molecule has 10 heteroatoms. The van der Waals surface area contributed by atoms with Crippen LogP contribution >= 0.6 is 0 Å². The summed E-state index contributed by atoms with van der Waals surface area (Å²) in [5.74, 6) is 2.21. The van der Waals surface area contributed by atoms with Crippen molar-refractivity contribution in [1.29, 1.82) is 5.26 Å². The van der Waals surface area contributed by atoms with Gasteiger partial charge >= 0.3 is 0 Å². The van der Waals surface area contributed by atoms with Gasteiger partial charge in [-0.25, -0.2) is 9.97 Å². The minimum absolute atomic E-state index is 0.106. The van der Waals surface area contributed by atoms with E-state index in [0.717, 1.165) is 18.7 Å². The number of aromatic nitrogens is 5. The second-order valence-electron chi connectivity index (χ2n) is 7.11. The zero-order valence-corrected chi connectivity index (χ0v) is 16.1. The number of nitriles is 1. The quantitative estimate of drug-likeness (QED) is 0.551. The molecule has 3 N–H and O–H groups in total. The number of hydrogen-bond donors (Lipinski definition) is 3. The van der Waals surface area contributed by atoms with Crippen LogP contribution in [0.4, 0.5) is 11.6 Å². The smallest absolute Gasteiger partial charge is 0.158 e. The Bertz CT molecular complexity index is 1040. The van der Waals surface area contributed by atoms with Gasteiger partial charge in [-0.2, -0.15) is 10.4 Å². The third-order valence-corrected chi connectivity index (χ3v) is 4.65. The Morgan fingerprint density at radius 2 is 2.00 bits per heavy atom. The van der Waals surface area contributed by atoms with Crippen LogP contribution in [0, 0.1) is 16.7 Å². The fourth-order valence-electron chi connectivity index (χ4n) is 2.95. The van der Waals surface area contributed by atoms with Crippen molar-refractivity contribution in [3.8, 4) is 28.8 Å². The topological polar surface area (TPSA) is 134 Å². The first-order valence-electron chi connectivity index (χ1n) is 9.01. The predicted octanol–water partition coefficient (Wildman–Crippen LogP) is 1.87. The third kappa shape index (κ3) is 3.95. The van der Waals surface area contributed by atoms with Crippen molar-refractivity contribution in [1.82, 2.24) is 30.5 Å². The van der Waals surface area contributed by atoms with Gasteiger partial charge in [0, 0.05) is 24.6 Å². The van der Waals surface area contributed by atoms with E-state index in [1.165, 1.54) is 12.4 Å². The molecule has 10 nitrogen and oxygen atoms in total. The molecular formula is C19H20N8O2. The van der Waals surface area contributed by atoms with E-state index in [1.807, 2.05) is 12.1 Å². The second-order valence-corrected chi connectivity index (χ2v) is 7.11. The Morgan fingerprint density at radius 3 is 2.66 bits per heavy atom. The van der Waals surface area contributed by atoms with Crippen molar-refractivity contribution in [2.75, 3.05) is 32.1 Å². The normalized spacial score (nSPS) is 14.5. The van der Waals surface area contributed by atoms with Gasteiger partial charge in [0.2, 0.25) is 0 Å². The number of pyridine rings is 1. The Hall–Kier alpha value is -3.71. The molecule has 4 rings (SSSR count). The maximum atomic E-state index is 8.81. The van der Waals surface area contributed by atoms with E-state index in [1.54, 1.807) is 19.5 Å². The maximum absolute atomic E-state index is 8.81. The van der Waals surface area contributed by atoms with E-state index < -0.39 is 0 Å². The molecule has 0 saturated carbocycles. The predicted molar refractivity (Wildman–Crippen MR) is 105 cm³/mol. The van der Waals surface area contributed by atoms with E-state index in [9.17, 15) is 0 Å². The first-order chi connectivity index (χ1) is 14.1. The fourth-order valence-corrected chi connectivity index (χ4v) is 2.95. The minimum Gasteiger partial charge on any atom is -0.494 e. The number of aromatic amines is 1. The number of anilines is 2. The number of nitrogens with zero attached hydrogens (tertiary/aromatic N) is 5.